The third-order valence-electron chi connectivity index (χ3n) is 3.58. The minimum absolute atomic E-state index is 0.752. The largest absolute Gasteiger partial charge is 0.477 e. The molecule has 0 aromatic carbocycles. The van der Waals surface area contributed by atoms with Gasteiger partial charge in [0.25, 0.3) is 5.92 Å². The van der Waals surface area contributed by atoms with Crippen molar-refractivity contribution < 1.29 is 49.3 Å². The first-order valence-corrected chi connectivity index (χ1v) is 6.84. The van der Waals surface area contributed by atoms with E-state index in [0.29, 0.717) is 0 Å². The van der Waals surface area contributed by atoms with Crippen LogP contribution < -0.4 is 11.1 Å². The molecule has 1 heterocycles. The highest BCUT2D eigenvalue weighted by molar-refractivity contribution is 5.73. The fourth-order valence-corrected chi connectivity index (χ4v) is 2.41. The van der Waals surface area contributed by atoms with E-state index in [9.17, 15) is 28.6 Å². The number of aliphatic hydroxyl groups excluding tert-OH is 3. The summed E-state index contributed by atoms with van der Waals surface area (Å²) in [6.45, 7) is 0.179. The van der Waals surface area contributed by atoms with Crippen LogP contribution in [0.3, 0.4) is 0 Å². The number of hydrogen-bond donors (Lipinski definition) is 6. The van der Waals surface area contributed by atoms with Crippen LogP contribution in [0, 0.1) is 0 Å². The molecule has 0 bridgehead atoms. The second-order valence-electron chi connectivity index (χ2n) is 5.49. The van der Waals surface area contributed by atoms with Crippen molar-refractivity contribution in [2.45, 2.75) is 55.8 Å². The number of nitrogens with one attached hydrogen (secondary N) is 1. The summed E-state index contributed by atoms with van der Waals surface area (Å²) in [6.07, 6.45) is -8.36. The van der Waals surface area contributed by atoms with Gasteiger partial charge in [-0.2, -0.15) is 0 Å². The Morgan fingerprint density at radius 1 is 1.35 bits per heavy atom. The van der Waals surface area contributed by atoms with Crippen molar-refractivity contribution in [2.75, 3.05) is 6.61 Å². The van der Waals surface area contributed by atoms with Gasteiger partial charge in [-0.05, 0) is 0 Å². The Labute approximate surface area is 130 Å². The molecule has 0 saturated carbocycles. The lowest BCUT2D eigenvalue weighted by Gasteiger charge is -2.45. The number of rotatable bonds is 6. The van der Waals surface area contributed by atoms with E-state index in [1.54, 1.807) is 0 Å². The number of ether oxygens (including phenoxy) is 1. The summed E-state index contributed by atoms with van der Waals surface area (Å²) in [6, 6.07) is -3.33. The predicted molar refractivity (Wildman–Crippen MR) is 69.2 cm³/mol. The number of halogens is 2. The molecular formula is C12H21F2N2O7+. The van der Waals surface area contributed by atoms with Gasteiger partial charge in [-0.25, -0.2) is 13.6 Å². The van der Waals surface area contributed by atoms with E-state index in [-0.39, 0.29) is 0 Å². The van der Waals surface area contributed by atoms with Crippen LogP contribution >= 0.6 is 0 Å². The van der Waals surface area contributed by atoms with Crippen LogP contribution in [0.2, 0.25) is 0 Å². The van der Waals surface area contributed by atoms with Gasteiger partial charge in [-0.15, -0.1) is 0 Å². The molecule has 9 nitrogen and oxygen atoms in total. The monoisotopic (exact) mass is 343 g/mol. The number of amides is 1. The normalized spacial score (nSPS) is 33.1. The Morgan fingerprint density at radius 3 is 2.35 bits per heavy atom. The number of aliphatic hydroxyl groups is 3. The van der Waals surface area contributed by atoms with Crippen molar-refractivity contribution in [3.8, 4) is 0 Å². The van der Waals surface area contributed by atoms with Crippen LogP contribution in [0.1, 0.15) is 13.3 Å². The average molecular weight is 343 g/mol. The van der Waals surface area contributed by atoms with E-state index in [4.69, 9.17) is 14.9 Å². The van der Waals surface area contributed by atoms with E-state index in [1.807, 2.05) is 0 Å². The van der Waals surface area contributed by atoms with Gasteiger partial charge in [0.15, 0.2) is 6.04 Å². The fraction of sp³-hybridized carbons (Fsp3) is 0.833. The molecule has 1 aliphatic heterocycles. The third kappa shape index (κ3) is 4.54. The van der Waals surface area contributed by atoms with E-state index < -0.39 is 67.3 Å². The van der Waals surface area contributed by atoms with Crippen LogP contribution in [0.4, 0.5) is 8.78 Å². The summed E-state index contributed by atoms with van der Waals surface area (Å²) >= 11 is 0. The molecule has 0 aromatic heterocycles. The third-order valence-corrected chi connectivity index (χ3v) is 3.58. The molecule has 134 valence electrons. The first-order valence-electron chi connectivity index (χ1n) is 6.84. The van der Waals surface area contributed by atoms with Gasteiger partial charge in [0, 0.05) is 6.92 Å². The van der Waals surface area contributed by atoms with Crippen molar-refractivity contribution in [1.29, 1.82) is 0 Å². The highest BCUT2D eigenvalue weighted by Gasteiger charge is 2.56. The molecule has 1 aliphatic rings. The summed E-state index contributed by atoms with van der Waals surface area (Å²) < 4.78 is 33.7. The van der Waals surface area contributed by atoms with Gasteiger partial charge in [0.05, 0.1) is 19.1 Å². The Hall–Kier alpha value is -1.40. The Balaban J connectivity index is 3.08. The number of alkyl halides is 2. The van der Waals surface area contributed by atoms with Gasteiger partial charge < -0.3 is 36.2 Å². The quantitative estimate of drug-likeness (QED) is 0.294. The predicted octanol–water partition coefficient (Wildman–Crippen LogP) is -3.31. The average Bonchev–Trinajstić information content (AvgIpc) is 2.43. The molecule has 1 saturated heterocycles. The van der Waals surface area contributed by atoms with Crippen molar-refractivity contribution in [3.63, 3.8) is 0 Å². The van der Waals surface area contributed by atoms with Crippen molar-refractivity contribution in [2.24, 2.45) is 0 Å². The van der Waals surface area contributed by atoms with Crippen LogP contribution in [0.25, 0.3) is 0 Å². The topological polar surface area (TPSA) is 164 Å². The summed E-state index contributed by atoms with van der Waals surface area (Å²) in [5.41, 5.74) is 3.09. The molecule has 0 unspecified atom stereocenters. The Morgan fingerprint density at radius 2 is 1.91 bits per heavy atom. The molecule has 6 atom stereocenters. The second-order valence-corrected chi connectivity index (χ2v) is 5.49. The molecule has 0 radical (unpaired) electrons. The Bertz CT molecular complexity index is 451. The second kappa shape index (κ2) is 7.45. The van der Waals surface area contributed by atoms with Crippen molar-refractivity contribution >= 4 is 11.9 Å². The number of carbonyl (C=O) groups is 2. The first-order chi connectivity index (χ1) is 10.5. The molecule has 1 amide bonds. The number of quaternary nitrogens is 1. The number of carbonyl (C=O) groups excluding carboxylic acids is 1. The minimum Gasteiger partial charge on any atom is -0.477 e. The molecule has 1 rings (SSSR count). The van der Waals surface area contributed by atoms with Gasteiger partial charge in [0.2, 0.25) is 5.91 Å². The van der Waals surface area contributed by atoms with Crippen LogP contribution in [-0.2, 0) is 14.3 Å². The highest BCUT2D eigenvalue weighted by Crippen LogP contribution is 2.34. The lowest BCUT2D eigenvalue weighted by atomic mass is 9.87. The van der Waals surface area contributed by atoms with Crippen molar-refractivity contribution in [1.82, 2.24) is 5.32 Å². The molecule has 0 spiro atoms. The molecule has 1 fully saturated rings. The van der Waals surface area contributed by atoms with Crippen LogP contribution in [0.15, 0.2) is 0 Å². The summed E-state index contributed by atoms with van der Waals surface area (Å²) in [4.78, 5) is 21.9. The molecule has 0 aliphatic carbocycles. The van der Waals surface area contributed by atoms with E-state index >= 15 is 0 Å². The van der Waals surface area contributed by atoms with E-state index in [1.165, 1.54) is 0 Å². The van der Waals surface area contributed by atoms with E-state index in [2.05, 4.69) is 11.1 Å². The number of carboxylic acids is 1. The SMILES string of the molecule is CC(=O)N[C@@H]1[C@@H](O)[C@@H](O)[C@@H](CO)O[C@@H]1C(F)(F)C[C@@H]([NH3+])C(=O)O. The first kappa shape index (κ1) is 19.6. The maximum Gasteiger partial charge on any atom is 0.362 e. The number of carboxylic acid groups (broad SMARTS) is 1. The summed E-state index contributed by atoms with van der Waals surface area (Å²) in [5, 5.41) is 39.5. The minimum atomic E-state index is -3.79. The molecule has 23 heavy (non-hydrogen) atoms. The zero-order valence-corrected chi connectivity index (χ0v) is 12.4. The molecular weight excluding hydrogens is 322 g/mol. The maximum atomic E-state index is 14.4. The maximum absolute atomic E-state index is 14.4. The zero-order chi connectivity index (χ0) is 17.9. The van der Waals surface area contributed by atoms with Gasteiger partial charge in [-0.3, -0.25) is 4.79 Å². The Kier molecular flexibility index (Phi) is 6.36. The number of aliphatic carboxylic acids is 1. The van der Waals surface area contributed by atoms with Crippen molar-refractivity contribution in [3.05, 3.63) is 0 Å². The highest BCUT2D eigenvalue weighted by atomic mass is 19.3. The van der Waals surface area contributed by atoms with Gasteiger partial charge >= 0.3 is 5.97 Å². The smallest absolute Gasteiger partial charge is 0.362 e. The lowest BCUT2D eigenvalue weighted by molar-refractivity contribution is -0.419. The van der Waals surface area contributed by atoms with Gasteiger partial charge in [-0.1, -0.05) is 0 Å². The molecule has 11 heteroatoms. The van der Waals surface area contributed by atoms with E-state index in [0.717, 1.165) is 6.92 Å². The van der Waals surface area contributed by atoms with Crippen LogP contribution in [-0.4, -0.2) is 81.3 Å². The fourth-order valence-electron chi connectivity index (χ4n) is 2.41. The van der Waals surface area contributed by atoms with Crippen LogP contribution in [0.5, 0.6) is 0 Å². The summed E-state index contributed by atoms with van der Waals surface area (Å²) in [5.74, 6) is -6.08. The zero-order valence-electron chi connectivity index (χ0n) is 12.4. The van der Waals surface area contributed by atoms with Gasteiger partial charge in [0.1, 0.15) is 24.4 Å². The molecule has 0 aromatic rings. The summed E-state index contributed by atoms with van der Waals surface area (Å²) in [7, 11) is 0. The molecule has 8 N–H and O–H groups in total. The lowest BCUT2D eigenvalue weighted by Crippen LogP contribution is -2.71. The standard InChI is InChI=1S/C12H20F2N2O7/c1-4(18)16-7-9(20)8(19)6(3-17)23-10(7)12(13,14)2-5(15)11(21)22/h5-10,17,19-20H,2-3,15H2,1H3,(H,16,18)(H,21,22)/p+1/t5-,6-,7-,8+,9-,10+/m1/s1. The number of hydrogen-bond acceptors (Lipinski definition) is 6.